The average Bonchev–Trinajstić information content (AvgIpc) is 2.41. The summed E-state index contributed by atoms with van der Waals surface area (Å²) < 4.78 is 0. The zero-order valence-corrected chi connectivity index (χ0v) is 11.6. The highest BCUT2D eigenvalue weighted by Crippen LogP contribution is 2.27. The van der Waals surface area contributed by atoms with E-state index in [0.717, 1.165) is 36.8 Å². The van der Waals surface area contributed by atoms with E-state index in [9.17, 15) is 0 Å². The molecule has 0 bridgehead atoms. The van der Waals surface area contributed by atoms with E-state index in [1.54, 1.807) is 0 Å². The van der Waals surface area contributed by atoms with Gasteiger partial charge in [0.05, 0.1) is 12.1 Å². The SMILES string of the molecule is Cc1c(Cl)cccc1N1CCN(C(C)C#N)CC1. The molecule has 1 fully saturated rings. The Hall–Kier alpha value is -1.24. The number of halogens is 1. The van der Waals surface area contributed by atoms with Gasteiger partial charge in [0.2, 0.25) is 0 Å². The molecule has 1 atom stereocenters. The van der Waals surface area contributed by atoms with Gasteiger partial charge < -0.3 is 4.90 Å². The van der Waals surface area contributed by atoms with Gasteiger partial charge in [-0.1, -0.05) is 17.7 Å². The van der Waals surface area contributed by atoms with Gasteiger partial charge in [-0.3, -0.25) is 4.90 Å². The second-order valence-electron chi connectivity index (χ2n) is 4.71. The fourth-order valence-electron chi connectivity index (χ4n) is 2.37. The number of anilines is 1. The fourth-order valence-corrected chi connectivity index (χ4v) is 2.54. The topological polar surface area (TPSA) is 30.3 Å². The quantitative estimate of drug-likeness (QED) is 0.822. The summed E-state index contributed by atoms with van der Waals surface area (Å²) in [5.41, 5.74) is 2.35. The molecule has 1 unspecified atom stereocenters. The Bertz CT molecular complexity index is 459. The molecule has 0 amide bonds. The van der Waals surface area contributed by atoms with E-state index in [4.69, 9.17) is 16.9 Å². The monoisotopic (exact) mass is 263 g/mol. The largest absolute Gasteiger partial charge is 0.369 e. The Morgan fingerprint density at radius 1 is 1.28 bits per heavy atom. The lowest BCUT2D eigenvalue weighted by atomic mass is 10.1. The van der Waals surface area contributed by atoms with Gasteiger partial charge in [-0.05, 0) is 31.5 Å². The van der Waals surface area contributed by atoms with Gasteiger partial charge in [-0.2, -0.15) is 5.26 Å². The first-order valence-corrected chi connectivity index (χ1v) is 6.65. The summed E-state index contributed by atoms with van der Waals surface area (Å²) in [5.74, 6) is 0. The maximum absolute atomic E-state index is 8.93. The number of hydrogen-bond acceptors (Lipinski definition) is 3. The van der Waals surface area contributed by atoms with Crippen LogP contribution in [-0.2, 0) is 0 Å². The highest BCUT2D eigenvalue weighted by molar-refractivity contribution is 6.31. The molecule has 4 heteroatoms. The van der Waals surface area contributed by atoms with Gasteiger partial charge >= 0.3 is 0 Å². The molecule has 3 nitrogen and oxygen atoms in total. The number of benzene rings is 1. The van der Waals surface area contributed by atoms with E-state index in [1.807, 2.05) is 19.1 Å². The third kappa shape index (κ3) is 2.60. The van der Waals surface area contributed by atoms with Crippen molar-refractivity contribution in [2.75, 3.05) is 31.1 Å². The molecule has 0 aromatic heterocycles. The normalized spacial score (nSPS) is 18.4. The summed E-state index contributed by atoms with van der Waals surface area (Å²) in [6, 6.07) is 8.34. The van der Waals surface area contributed by atoms with Crippen LogP contribution in [0.1, 0.15) is 12.5 Å². The van der Waals surface area contributed by atoms with Crippen LogP contribution in [0, 0.1) is 18.3 Å². The Labute approximate surface area is 114 Å². The van der Waals surface area contributed by atoms with Crippen LogP contribution in [0.5, 0.6) is 0 Å². The molecule has 0 spiro atoms. The van der Waals surface area contributed by atoms with Gasteiger partial charge in [0.25, 0.3) is 0 Å². The van der Waals surface area contributed by atoms with Crippen LogP contribution in [0.4, 0.5) is 5.69 Å². The lowest BCUT2D eigenvalue weighted by Gasteiger charge is -2.37. The molecule has 1 saturated heterocycles. The zero-order valence-electron chi connectivity index (χ0n) is 10.9. The van der Waals surface area contributed by atoms with Crippen molar-refractivity contribution in [3.05, 3.63) is 28.8 Å². The van der Waals surface area contributed by atoms with Gasteiger partial charge in [0.1, 0.15) is 0 Å². The molecule has 0 saturated carbocycles. The summed E-state index contributed by atoms with van der Waals surface area (Å²) in [7, 11) is 0. The summed E-state index contributed by atoms with van der Waals surface area (Å²) in [5, 5.41) is 9.75. The number of nitriles is 1. The zero-order chi connectivity index (χ0) is 13.1. The van der Waals surface area contributed by atoms with Crippen LogP contribution in [0.25, 0.3) is 0 Å². The average molecular weight is 264 g/mol. The summed E-state index contributed by atoms with van der Waals surface area (Å²) >= 11 is 6.15. The van der Waals surface area contributed by atoms with Crippen molar-refractivity contribution in [3.8, 4) is 6.07 Å². The van der Waals surface area contributed by atoms with Gasteiger partial charge in [0, 0.05) is 36.9 Å². The predicted octanol–water partition coefficient (Wildman–Crippen LogP) is 2.68. The molecule has 0 N–H and O–H groups in total. The second kappa shape index (κ2) is 5.60. The number of rotatable bonds is 2. The van der Waals surface area contributed by atoms with Crippen LogP contribution in [-0.4, -0.2) is 37.1 Å². The lowest BCUT2D eigenvalue weighted by molar-refractivity contribution is 0.231. The Balaban J connectivity index is 2.06. The van der Waals surface area contributed by atoms with Gasteiger partial charge in [0.15, 0.2) is 0 Å². The Morgan fingerprint density at radius 3 is 2.56 bits per heavy atom. The highest BCUT2D eigenvalue weighted by atomic mass is 35.5. The van der Waals surface area contributed by atoms with Crippen LogP contribution in [0.15, 0.2) is 18.2 Å². The molecule has 2 rings (SSSR count). The molecule has 1 aliphatic heterocycles. The van der Waals surface area contributed by atoms with Crippen molar-refractivity contribution in [1.82, 2.24) is 4.90 Å². The van der Waals surface area contributed by atoms with E-state index in [-0.39, 0.29) is 6.04 Å². The van der Waals surface area contributed by atoms with E-state index in [0.29, 0.717) is 0 Å². The first-order valence-electron chi connectivity index (χ1n) is 6.27. The van der Waals surface area contributed by atoms with Crippen LogP contribution in [0.3, 0.4) is 0 Å². The van der Waals surface area contributed by atoms with Crippen molar-refractivity contribution < 1.29 is 0 Å². The Kier molecular flexibility index (Phi) is 4.11. The first-order chi connectivity index (χ1) is 8.63. The number of hydrogen-bond donors (Lipinski definition) is 0. The fraction of sp³-hybridized carbons (Fsp3) is 0.500. The van der Waals surface area contributed by atoms with Gasteiger partial charge in [-0.15, -0.1) is 0 Å². The van der Waals surface area contributed by atoms with E-state index >= 15 is 0 Å². The lowest BCUT2D eigenvalue weighted by Crippen LogP contribution is -2.49. The van der Waals surface area contributed by atoms with Crippen LogP contribution in [0.2, 0.25) is 5.02 Å². The third-order valence-electron chi connectivity index (χ3n) is 3.63. The summed E-state index contributed by atoms with van der Waals surface area (Å²) in [6.07, 6.45) is 0. The van der Waals surface area contributed by atoms with Gasteiger partial charge in [-0.25, -0.2) is 0 Å². The van der Waals surface area contributed by atoms with Crippen molar-refractivity contribution in [3.63, 3.8) is 0 Å². The molecule has 1 aromatic carbocycles. The maximum atomic E-state index is 8.93. The Morgan fingerprint density at radius 2 is 1.94 bits per heavy atom. The summed E-state index contributed by atoms with van der Waals surface area (Å²) in [4.78, 5) is 4.57. The molecular weight excluding hydrogens is 246 g/mol. The number of nitrogens with zero attached hydrogens (tertiary/aromatic N) is 3. The molecule has 1 aromatic rings. The standard InChI is InChI=1S/C14H18ClN3/c1-11(10-16)17-6-8-18(9-7-17)14-5-3-4-13(15)12(14)2/h3-5,11H,6-9H2,1-2H3. The smallest absolute Gasteiger partial charge is 0.0950 e. The van der Waals surface area contributed by atoms with Crippen molar-refractivity contribution in [2.24, 2.45) is 0 Å². The third-order valence-corrected chi connectivity index (χ3v) is 4.04. The molecule has 0 radical (unpaired) electrons. The number of piperazine rings is 1. The van der Waals surface area contributed by atoms with E-state index in [2.05, 4.69) is 28.9 Å². The summed E-state index contributed by atoms with van der Waals surface area (Å²) in [6.45, 7) is 7.78. The van der Waals surface area contributed by atoms with Crippen molar-refractivity contribution >= 4 is 17.3 Å². The van der Waals surface area contributed by atoms with Crippen molar-refractivity contribution in [2.45, 2.75) is 19.9 Å². The molecule has 96 valence electrons. The molecule has 1 aliphatic rings. The van der Waals surface area contributed by atoms with Crippen LogP contribution >= 0.6 is 11.6 Å². The van der Waals surface area contributed by atoms with Crippen LogP contribution < -0.4 is 4.90 Å². The molecular formula is C14H18ClN3. The maximum Gasteiger partial charge on any atom is 0.0950 e. The highest BCUT2D eigenvalue weighted by Gasteiger charge is 2.21. The predicted molar refractivity (Wildman–Crippen MR) is 75.1 cm³/mol. The second-order valence-corrected chi connectivity index (χ2v) is 5.12. The van der Waals surface area contributed by atoms with E-state index < -0.39 is 0 Å². The van der Waals surface area contributed by atoms with Crippen molar-refractivity contribution in [1.29, 1.82) is 5.26 Å². The molecule has 18 heavy (non-hydrogen) atoms. The minimum atomic E-state index is 0.00704. The van der Waals surface area contributed by atoms with E-state index in [1.165, 1.54) is 5.69 Å². The first kappa shape index (κ1) is 13.2. The minimum Gasteiger partial charge on any atom is -0.369 e. The molecule has 1 heterocycles. The molecule has 0 aliphatic carbocycles. The minimum absolute atomic E-state index is 0.00704.